The molecule has 11 heavy (non-hydrogen) atoms. The minimum Gasteiger partial charge on any atom is -0.480 e. The largest absolute Gasteiger partial charge is 0.480 e. The molecule has 0 aliphatic carbocycles. The Hall–Kier alpha value is -1.52. The zero-order chi connectivity index (χ0) is 8.27. The Labute approximate surface area is 63.3 Å². The summed E-state index contributed by atoms with van der Waals surface area (Å²) < 4.78 is 9.17. The normalized spacial score (nSPS) is 9.27. The average Bonchev–Trinajstić information content (AvgIpc) is 2.50. The zero-order valence-electron chi connectivity index (χ0n) is 6.25. The van der Waals surface area contributed by atoms with Crippen LogP contribution in [0.15, 0.2) is 6.07 Å². The van der Waals surface area contributed by atoms with Crippen LogP contribution in [0.2, 0.25) is 0 Å². The molecule has 1 aromatic rings. The molecule has 1 aromatic heterocycles. The molecular formula is C6H8N2O3. The fraction of sp³-hybridized carbons (Fsp3) is 0.333. The van der Waals surface area contributed by atoms with Gasteiger partial charge in [0.1, 0.15) is 5.69 Å². The third-order valence-corrected chi connectivity index (χ3v) is 1.17. The van der Waals surface area contributed by atoms with Gasteiger partial charge in [0.15, 0.2) is 0 Å². The van der Waals surface area contributed by atoms with Gasteiger partial charge in [-0.3, -0.25) is 5.10 Å². The third kappa shape index (κ3) is 1.49. The lowest BCUT2D eigenvalue weighted by Gasteiger charge is -1.90. The number of ether oxygens (including phenoxy) is 2. The molecule has 0 aliphatic heterocycles. The molecule has 0 amide bonds. The van der Waals surface area contributed by atoms with Gasteiger partial charge >= 0.3 is 5.97 Å². The molecule has 1 heterocycles. The molecule has 0 aliphatic rings. The summed E-state index contributed by atoms with van der Waals surface area (Å²) in [6.07, 6.45) is 0. The first kappa shape index (κ1) is 7.59. The van der Waals surface area contributed by atoms with Crippen LogP contribution in [-0.4, -0.2) is 30.4 Å². The fourth-order valence-electron chi connectivity index (χ4n) is 0.622. The molecule has 0 atom stereocenters. The number of carbonyl (C=O) groups excluding carboxylic acids is 1. The van der Waals surface area contributed by atoms with Gasteiger partial charge in [-0.15, -0.1) is 5.10 Å². The summed E-state index contributed by atoms with van der Waals surface area (Å²) in [5.41, 5.74) is 0.282. The highest BCUT2D eigenvalue weighted by atomic mass is 16.5. The maximum absolute atomic E-state index is 10.8. The zero-order valence-corrected chi connectivity index (χ0v) is 6.25. The predicted molar refractivity (Wildman–Crippen MR) is 36.5 cm³/mol. The summed E-state index contributed by atoms with van der Waals surface area (Å²) in [7, 11) is 2.77. The van der Waals surface area contributed by atoms with E-state index in [4.69, 9.17) is 4.74 Å². The Bertz CT molecular complexity index is 256. The monoisotopic (exact) mass is 156 g/mol. The first-order chi connectivity index (χ1) is 5.27. The van der Waals surface area contributed by atoms with Crippen molar-refractivity contribution in [3.8, 4) is 5.88 Å². The predicted octanol–water partition coefficient (Wildman–Crippen LogP) is 0.205. The van der Waals surface area contributed by atoms with Crippen LogP contribution < -0.4 is 4.74 Å². The first-order valence-electron chi connectivity index (χ1n) is 2.95. The Morgan fingerprint density at radius 1 is 1.64 bits per heavy atom. The number of H-pyrrole nitrogens is 1. The van der Waals surface area contributed by atoms with E-state index < -0.39 is 5.97 Å². The summed E-state index contributed by atoms with van der Waals surface area (Å²) >= 11 is 0. The maximum Gasteiger partial charge on any atom is 0.356 e. The average molecular weight is 156 g/mol. The lowest BCUT2D eigenvalue weighted by molar-refractivity contribution is 0.0594. The van der Waals surface area contributed by atoms with Gasteiger partial charge in [0, 0.05) is 6.07 Å². The highest BCUT2D eigenvalue weighted by Gasteiger charge is 2.08. The molecule has 0 unspecified atom stereocenters. The summed E-state index contributed by atoms with van der Waals surface area (Å²) in [4.78, 5) is 10.8. The Balaban J connectivity index is 2.80. The van der Waals surface area contributed by atoms with E-state index in [1.54, 1.807) is 0 Å². The lowest BCUT2D eigenvalue weighted by atomic mass is 10.4. The van der Waals surface area contributed by atoms with Crippen molar-refractivity contribution in [2.24, 2.45) is 0 Å². The molecule has 5 heteroatoms. The highest BCUT2D eigenvalue weighted by molar-refractivity contribution is 5.87. The van der Waals surface area contributed by atoms with Crippen LogP contribution in [0.25, 0.3) is 0 Å². The molecular weight excluding hydrogens is 148 g/mol. The summed E-state index contributed by atoms with van der Waals surface area (Å²) in [5.74, 6) is -0.0915. The summed E-state index contributed by atoms with van der Waals surface area (Å²) in [6.45, 7) is 0. The standard InChI is InChI=1S/C6H8N2O3/c1-10-5-3-4(7-8-5)6(9)11-2/h3H,1-2H3,(H,7,8). The van der Waals surface area contributed by atoms with Gasteiger partial charge < -0.3 is 9.47 Å². The van der Waals surface area contributed by atoms with Crippen LogP contribution in [0.5, 0.6) is 5.88 Å². The number of hydrogen-bond donors (Lipinski definition) is 1. The molecule has 1 N–H and O–H groups in total. The third-order valence-electron chi connectivity index (χ3n) is 1.17. The van der Waals surface area contributed by atoms with E-state index in [9.17, 15) is 4.79 Å². The van der Waals surface area contributed by atoms with Crippen molar-refractivity contribution in [3.63, 3.8) is 0 Å². The van der Waals surface area contributed by atoms with Gasteiger partial charge in [-0.2, -0.15) is 0 Å². The summed E-state index contributed by atoms with van der Waals surface area (Å²) in [6, 6.07) is 1.46. The number of hydrogen-bond acceptors (Lipinski definition) is 4. The number of nitrogens with zero attached hydrogens (tertiary/aromatic N) is 1. The van der Waals surface area contributed by atoms with Crippen molar-refractivity contribution >= 4 is 5.97 Å². The van der Waals surface area contributed by atoms with Gasteiger partial charge in [-0.1, -0.05) is 0 Å². The van der Waals surface area contributed by atoms with Gasteiger partial charge in [0.05, 0.1) is 14.2 Å². The molecule has 0 radical (unpaired) electrons. The van der Waals surface area contributed by atoms with E-state index in [-0.39, 0.29) is 5.69 Å². The molecule has 0 aromatic carbocycles. The van der Waals surface area contributed by atoms with E-state index in [0.29, 0.717) is 5.88 Å². The fourth-order valence-corrected chi connectivity index (χ4v) is 0.622. The van der Waals surface area contributed by atoms with Crippen molar-refractivity contribution in [2.75, 3.05) is 14.2 Å². The van der Waals surface area contributed by atoms with Gasteiger partial charge in [-0.05, 0) is 0 Å². The van der Waals surface area contributed by atoms with Crippen molar-refractivity contribution in [1.29, 1.82) is 0 Å². The highest BCUT2D eigenvalue weighted by Crippen LogP contribution is 2.07. The van der Waals surface area contributed by atoms with E-state index >= 15 is 0 Å². The molecule has 1 rings (SSSR count). The summed E-state index contributed by atoms with van der Waals surface area (Å²) in [5, 5.41) is 6.11. The first-order valence-corrected chi connectivity index (χ1v) is 2.95. The number of esters is 1. The Morgan fingerprint density at radius 3 is 2.82 bits per heavy atom. The SMILES string of the molecule is COC(=O)c1cc(OC)n[nH]1. The minimum atomic E-state index is -0.458. The van der Waals surface area contributed by atoms with Crippen LogP contribution in [0.4, 0.5) is 0 Å². The van der Waals surface area contributed by atoms with Crippen molar-refractivity contribution < 1.29 is 14.3 Å². The number of aromatic amines is 1. The molecule has 0 spiro atoms. The van der Waals surface area contributed by atoms with Gasteiger partial charge in [0.2, 0.25) is 5.88 Å². The topological polar surface area (TPSA) is 64.2 Å². The van der Waals surface area contributed by atoms with Gasteiger partial charge in [0.25, 0.3) is 0 Å². The molecule has 5 nitrogen and oxygen atoms in total. The Morgan fingerprint density at radius 2 is 2.36 bits per heavy atom. The van der Waals surface area contributed by atoms with Crippen molar-refractivity contribution in [2.45, 2.75) is 0 Å². The second-order valence-corrected chi connectivity index (χ2v) is 1.82. The molecule has 0 bridgehead atoms. The van der Waals surface area contributed by atoms with Crippen LogP contribution in [0, 0.1) is 0 Å². The van der Waals surface area contributed by atoms with Crippen LogP contribution in [0.1, 0.15) is 10.5 Å². The second-order valence-electron chi connectivity index (χ2n) is 1.82. The quantitative estimate of drug-likeness (QED) is 0.621. The number of rotatable bonds is 2. The van der Waals surface area contributed by atoms with E-state index in [0.717, 1.165) is 0 Å². The Kier molecular flexibility index (Phi) is 2.10. The van der Waals surface area contributed by atoms with E-state index in [1.165, 1.54) is 20.3 Å². The molecule has 0 saturated heterocycles. The smallest absolute Gasteiger partial charge is 0.356 e. The number of methoxy groups -OCH3 is 2. The molecule has 60 valence electrons. The van der Waals surface area contributed by atoms with Crippen LogP contribution in [-0.2, 0) is 4.74 Å². The lowest BCUT2D eigenvalue weighted by Crippen LogP contribution is -2.00. The van der Waals surface area contributed by atoms with E-state index in [1.807, 2.05) is 0 Å². The van der Waals surface area contributed by atoms with E-state index in [2.05, 4.69) is 14.9 Å². The second kappa shape index (κ2) is 3.05. The molecule has 0 fully saturated rings. The number of nitrogens with one attached hydrogen (secondary N) is 1. The van der Waals surface area contributed by atoms with Crippen molar-refractivity contribution in [3.05, 3.63) is 11.8 Å². The van der Waals surface area contributed by atoms with Crippen LogP contribution >= 0.6 is 0 Å². The minimum absolute atomic E-state index is 0.282. The van der Waals surface area contributed by atoms with Gasteiger partial charge in [-0.25, -0.2) is 4.79 Å². The number of aromatic nitrogens is 2. The van der Waals surface area contributed by atoms with Crippen LogP contribution in [0.3, 0.4) is 0 Å². The number of carbonyl (C=O) groups is 1. The molecule has 0 saturated carbocycles. The maximum atomic E-state index is 10.8. The van der Waals surface area contributed by atoms with Crippen molar-refractivity contribution in [1.82, 2.24) is 10.2 Å².